The van der Waals surface area contributed by atoms with E-state index in [4.69, 9.17) is 9.84 Å². The summed E-state index contributed by atoms with van der Waals surface area (Å²) in [5.74, 6) is -2.23. The van der Waals surface area contributed by atoms with Crippen LogP contribution >= 0.6 is 0 Å². The fraction of sp³-hybridized carbons (Fsp3) is 0.450. The smallest absolute Gasteiger partial charge is 0.308 e. The quantitative estimate of drug-likeness (QED) is 0.634. The van der Waals surface area contributed by atoms with Gasteiger partial charge in [0.25, 0.3) is 5.91 Å². The van der Waals surface area contributed by atoms with Crippen LogP contribution in [0.2, 0.25) is 0 Å². The standard InChI is InChI=1S/C20H26N2O5/c1-4-27-11-7-10-21(12-14(2)20(25)26)18(23)13-22-15(3)16-8-5-6-9-17(16)19(22)24/h5-6,8-9,14H,3-4,7,10-13H2,1-2H3,(H,25,26). The second-order valence-electron chi connectivity index (χ2n) is 6.51. The van der Waals surface area contributed by atoms with Gasteiger partial charge in [0.2, 0.25) is 5.91 Å². The van der Waals surface area contributed by atoms with Crippen LogP contribution in [0.3, 0.4) is 0 Å². The molecule has 27 heavy (non-hydrogen) atoms. The fourth-order valence-corrected chi connectivity index (χ4v) is 2.97. The number of carboxylic acids is 1. The van der Waals surface area contributed by atoms with Gasteiger partial charge >= 0.3 is 5.97 Å². The minimum atomic E-state index is -0.966. The van der Waals surface area contributed by atoms with E-state index in [9.17, 15) is 14.4 Å². The number of rotatable bonds is 10. The van der Waals surface area contributed by atoms with Gasteiger partial charge in [-0.1, -0.05) is 31.7 Å². The average molecular weight is 374 g/mol. The molecule has 0 spiro atoms. The monoisotopic (exact) mass is 374 g/mol. The number of hydrogen-bond donors (Lipinski definition) is 1. The van der Waals surface area contributed by atoms with E-state index in [1.165, 1.54) is 9.80 Å². The molecule has 0 saturated carbocycles. The molecular formula is C20H26N2O5. The predicted octanol–water partition coefficient (Wildman–Crippen LogP) is 2.09. The van der Waals surface area contributed by atoms with Gasteiger partial charge in [0.15, 0.2) is 0 Å². The van der Waals surface area contributed by atoms with E-state index < -0.39 is 11.9 Å². The van der Waals surface area contributed by atoms with Gasteiger partial charge in [-0.15, -0.1) is 0 Å². The van der Waals surface area contributed by atoms with Crippen LogP contribution in [0.1, 0.15) is 36.2 Å². The molecule has 7 nitrogen and oxygen atoms in total. The Labute approximate surface area is 159 Å². The summed E-state index contributed by atoms with van der Waals surface area (Å²) in [6.45, 7) is 8.75. The maximum Gasteiger partial charge on any atom is 0.308 e. The zero-order valence-electron chi connectivity index (χ0n) is 15.8. The predicted molar refractivity (Wildman–Crippen MR) is 101 cm³/mol. The summed E-state index contributed by atoms with van der Waals surface area (Å²) in [4.78, 5) is 39.4. The molecule has 0 bridgehead atoms. The third kappa shape index (κ3) is 4.95. The fourth-order valence-electron chi connectivity index (χ4n) is 2.97. The van der Waals surface area contributed by atoms with E-state index in [2.05, 4.69) is 6.58 Å². The summed E-state index contributed by atoms with van der Waals surface area (Å²) in [7, 11) is 0. The molecule has 1 aliphatic heterocycles. The molecule has 1 aromatic carbocycles. The largest absolute Gasteiger partial charge is 0.481 e. The van der Waals surface area contributed by atoms with E-state index in [0.717, 1.165) is 5.56 Å². The topological polar surface area (TPSA) is 87.2 Å². The van der Waals surface area contributed by atoms with Crippen LogP contribution in [0.5, 0.6) is 0 Å². The first-order valence-corrected chi connectivity index (χ1v) is 9.05. The van der Waals surface area contributed by atoms with Crippen LogP contribution in [-0.2, 0) is 14.3 Å². The Morgan fingerprint density at radius 2 is 1.96 bits per heavy atom. The maximum absolute atomic E-state index is 12.8. The zero-order valence-corrected chi connectivity index (χ0v) is 15.8. The highest BCUT2D eigenvalue weighted by Gasteiger charge is 2.33. The first-order valence-electron chi connectivity index (χ1n) is 9.05. The van der Waals surface area contributed by atoms with Gasteiger partial charge in [0.05, 0.1) is 5.92 Å². The van der Waals surface area contributed by atoms with Gasteiger partial charge in [-0.2, -0.15) is 0 Å². The molecule has 0 fully saturated rings. The van der Waals surface area contributed by atoms with Crippen molar-refractivity contribution in [3.05, 3.63) is 42.0 Å². The molecule has 0 aromatic heterocycles. The third-order valence-corrected chi connectivity index (χ3v) is 4.52. The first kappa shape index (κ1) is 20.6. The number of hydrogen-bond acceptors (Lipinski definition) is 4. The number of nitrogens with zero attached hydrogens (tertiary/aromatic N) is 2. The number of aliphatic carboxylic acids is 1. The van der Waals surface area contributed by atoms with Crippen LogP contribution in [0.15, 0.2) is 30.8 Å². The van der Waals surface area contributed by atoms with E-state index in [0.29, 0.717) is 37.4 Å². The molecule has 1 unspecified atom stereocenters. The molecule has 2 rings (SSSR count). The molecule has 1 aromatic rings. The lowest BCUT2D eigenvalue weighted by Crippen LogP contribution is -2.43. The lowest BCUT2D eigenvalue weighted by atomic mass is 10.1. The normalized spacial score (nSPS) is 14.2. The molecule has 0 radical (unpaired) electrons. The van der Waals surface area contributed by atoms with Crippen molar-refractivity contribution >= 4 is 23.5 Å². The molecular weight excluding hydrogens is 348 g/mol. The molecule has 1 aliphatic rings. The Hall–Kier alpha value is -2.67. The molecule has 0 aliphatic carbocycles. The Morgan fingerprint density at radius 1 is 1.30 bits per heavy atom. The van der Waals surface area contributed by atoms with Crippen molar-refractivity contribution in [2.24, 2.45) is 5.92 Å². The lowest BCUT2D eigenvalue weighted by Gasteiger charge is -2.27. The van der Waals surface area contributed by atoms with Crippen molar-refractivity contribution in [2.75, 3.05) is 32.8 Å². The SMILES string of the molecule is C=C1c2ccccc2C(=O)N1CC(=O)N(CCCOCC)CC(C)C(=O)O. The number of carboxylic acid groups (broad SMARTS) is 1. The Kier molecular flexibility index (Phi) is 7.12. The summed E-state index contributed by atoms with van der Waals surface area (Å²) in [5, 5.41) is 9.17. The van der Waals surface area contributed by atoms with Crippen molar-refractivity contribution in [1.82, 2.24) is 9.80 Å². The van der Waals surface area contributed by atoms with Gasteiger partial charge in [-0.3, -0.25) is 19.3 Å². The number of carbonyl (C=O) groups is 3. The minimum Gasteiger partial charge on any atom is -0.481 e. The van der Waals surface area contributed by atoms with E-state index in [1.54, 1.807) is 25.1 Å². The molecule has 1 N–H and O–H groups in total. The highest BCUT2D eigenvalue weighted by molar-refractivity contribution is 6.10. The molecule has 1 atom stereocenters. The van der Waals surface area contributed by atoms with E-state index in [1.807, 2.05) is 13.0 Å². The van der Waals surface area contributed by atoms with Crippen LogP contribution in [0.4, 0.5) is 0 Å². The minimum absolute atomic E-state index is 0.0851. The molecule has 146 valence electrons. The molecule has 2 amide bonds. The second-order valence-corrected chi connectivity index (χ2v) is 6.51. The summed E-state index contributed by atoms with van der Waals surface area (Å²) in [5.41, 5.74) is 1.73. The number of carbonyl (C=O) groups excluding carboxylic acids is 2. The number of ether oxygens (including phenoxy) is 1. The van der Waals surface area contributed by atoms with Crippen molar-refractivity contribution in [1.29, 1.82) is 0 Å². The maximum atomic E-state index is 12.8. The molecule has 7 heteroatoms. The van der Waals surface area contributed by atoms with Gasteiger partial charge in [-0.25, -0.2) is 0 Å². The van der Waals surface area contributed by atoms with Crippen molar-refractivity contribution in [3.63, 3.8) is 0 Å². The molecule has 0 saturated heterocycles. The summed E-state index contributed by atoms with van der Waals surface area (Å²) in [6.07, 6.45) is 0.598. The highest BCUT2D eigenvalue weighted by Crippen LogP contribution is 2.30. The van der Waals surface area contributed by atoms with Crippen molar-refractivity contribution in [2.45, 2.75) is 20.3 Å². The van der Waals surface area contributed by atoms with Crippen LogP contribution in [-0.4, -0.2) is 65.5 Å². The van der Waals surface area contributed by atoms with Gasteiger partial charge in [0, 0.05) is 43.1 Å². The van der Waals surface area contributed by atoms with Gasteiger partial charge in [-0.05, 0) is 19.4 Å². The van der Waals surface area contributed by atoms with Gasteiger partial charge < -0.3 is 14.7 Å². The van der Waals surface area contributed by atoms with Crippen molar-refractivity contribution in [3.8, 4) is 0 Å². The molecule has 1 heterocycles. The van der Waals surface area contributed by atoms with E-state index >= 15 is 0 Å². The number of fused-ring (bicyclic) bond motifs is 1. The van der Waals surface area contributed by atoms with Crippen LogP contribution in [0.25, 0.3) is 5.70 Å². The number of amides is 2. The highest BCUT2D eigenvalue weighted by atomic mass is 16.5. The van der Waals surface area contributed by atoms with Crippen molar-refractivity contribution < 1.29 is 24.2 Å². The summed E-state index contributed by atoms with van der Waals surface area (Å²) >= 11 is 0. The average Bonchev–Trinajstić information content (AvgIpc) is 2.89. The Bertz CT molecular complexity index is 696. The summed E-state index contributed by atoms with van der Waals surface area (Å²) < 4.78 is 5.29. The lowest BCUT2D eigenvalue weighted by molar-refractivity contribution is -0.143. The van der Waals surface area contributed by atoms with Crippen LogP contribution < -0.4 is 0 Å². The third-order valence-electron chi connectivity index (χ3n) is 4.52. The van der Waals surface area contributed by atoms with Crippen LogP contribution in [0, 0.1) is 5.92 Å². The zero-order chi connectivity index (χ0) is 20.0. The Morgan fingerprint density at radius 3 is 2.56 bits per heavy atom. The summed E-state index contributed by atoms with van der Waals surface area (Å²) in [6, 6.07) is 7.09. The number of benzene rings is 1. The van der Waals surface area contributed by atoms with Gasteiger partial charge in [0.1, 0.15) is 6.54 Å². The first-order chi connectivity index (χ1) is 12.9. The Balaban J connectivity index is 2.07. The van der Waals surface area contributed by atoms with E-state index in [-0.39, 0.29) is 24.9 Å². The second kappa shape index (κ2) is 9.32.